The number of para-hydroxylation sites is 1. The van der Waals surface area contributed by atoms with Crippen LogP contribution in [0.25, 0.3) is 0 Å². The van der Waals surface area contributed by atoms with Gasteiger partial charge in [-0.15, -0.1) is 0 Å². The molecule has 0 radical (unpaired) electrons. The monoisotopic (exact) mass is 355 g/mol. The van der Waals surface area contributed by atoms with E-state index < -0.39 is 17.9 Å². The van der Waals surface area contributed by atoms with Crippen LogP contribution in [-0.2, 0) is 4.79 Å². The van der Waals surface area contributed by atoms with Gasteiger partial charge in [-0.25, -0.2) is 9.18 Å². The number of aryl methyl sites for hydroxylation is 2. The summed E-state index contributed by atoms with van der Waals surface area (Å²) in [5.41, 5.74) is 3.12. The van der Waals surface area contributed by atoms with Crippen LogP contribution < -0.4 is 10.6 Å². The summed E-state index contributed by atoms with van der Waals surface area (Å²) in [5, 5.41) is 5.62. The summed E-state index contributed by atoms with van der Waals surface area (Å²) in [6.07, 6.45) is 1.36. The smallest absolute Gasteiger partial charge is 0.322 e. The van der Waals surface area contributed by atoms with Crippen molar-refractivity contribution < 1.29 is 14.0 Å². The van der Waals surface area contributed by atoms with Crippen LogP contribution >= 0.6 is 0 Å². The molecule has 0 bridgehead atoms. The summed E-state index contributed by atoms with van der Waals surface area (Å²) < 4.78 is 13.3. The van der Waals surface area contributed by atoms with Gasteiger partial charge in [0.2, 0.25) is 5.91 Å². The van der Waals surface area contributed by atoms with Crippen molar-refractivity contribution in [2.75, 3.05) is 17.2 Å². The van der Waals surface area contributed by atoms with E-state index in [0.717, 1.165) is 23.2 Å². The molecule has 1 aliphatic heterocycles. The van der Waals surface area contributed by atoms with Gasteiger partial charge in [0.25, 0.3) is 0 Å². The van der Waals surface area contributed by atoms with Gasteiger partial charge in [-0.1, -0.05) is 24.3 Å². The normalized spacial score (nSPS) is 16.4. The van der Waals surface area contributed by atoms with Crippen LogP contribution in [0.3, 0.4) is 0 Å². The van der Waals surface area contributed by atoms with Crippen LogP contribution in [0.5, 0.6) is 0 Å². The number of benzene rings is 2. The van der Waals surface area contributed by atoms with Crippen molar-refractivity contribution in [3.63, 3.8) is 0 Å². The fraction of sp³-hybridized carbons (Fsp3) is 0.300. The number of carbonyl (C=O) groups excluding carboxylic acids is 2. The Hall–Kier alpha value is -2.89. The quantitative estimate of drug-likeness (QED) is 0.871. The van der Waals surface area contributed by atoms with Crippen LogP contribution in [0.15, 0.2) is 42.5 Å². The lowest BCUT2D eigenvalue weighted by Crippen LogP contribution is -2.45. The van der Waals surface area contributed by atoms with Crippen molar-refractivity contribution in [3.05, 3.63) is 59.4 Å². The number of nitrogens with zero attached hydrogens (tertiary/aromatic N) is 1. The van der Waals surface area contributed by atoms with Crippen molar-refractivity contribution in [2.45, 2.75) is 32.7 Å². The van der Waals surface area contributed by atoms with E-state index in [1.54, 1.807) is 6.07 Å². The van der Waals surface area contributed by atoms with Gasteiger partial charge in [-0.05, 0) is 56.0 Å². The second-order valence-electron chi connectivity index (χ2n) is 6.55. The predicted molar refractivity (Wildman–Crippen MR) is 99.7 cm³/mol. The van der Waals surface area contributed by atoms with Crippen LogP contribution in [-0.4, -0.2) is 29.4 Å². The molecule has 6 heteroatoms. The molecule has 0 aromatic heterocycles. The first-order valence-electron chi connectivity index (χ1n) is 8.66. The zero-order chi connectivity index (χ0) is 18.7. The first-order chi connectivity index (χ1) is 12.5. The summed E-state index contributed by atoms with van der Waals surface area (Å²) in [7, 11) is 0. The van der Waals surface area contributed by atoms with E-state index in [0.29, 0.717) is 18.7 Å². The molecule has 136 valence electrons. The average molecular weight is 355 g/mol. The number of hydrogen-bond acceptors (Lipinski definition) is 2. The molecular weight excluding hydrogens is 333 g/mol. The number of carbonyl (C=O) groups is 2. The van der Waals surface area contributed by atoms with Crippen LogP contribution in [0.2, 0.25) is 0 Å². The molecule has 0 unspecified atom stereocenters. The fourth-order valence-electron chi connectivity index (χ4n) is 3.26. The number of anilines is 2. The number of hydrogen-bond donors (Lipinski definition) is 2. The van der Waals surface area contributed by atoms with E-state index in [9.17, 15) is 14.0 Å². The molecule has 3 rings (SSSR count). The van der Waals surface area contributed by atoms with E-state index in [2.05, 4.69) is 10.6 Å². The van der Waals surface area contributed by atoms with Gasteiger partial charge < -0.3 is 15.5 Å². The van der Waals surface area contributed by atoms with Crippen LogP contribution in [0.1, 0.15) is 24.0 Å². The Morgan fingerprint density at radius 3 is 2.46 bits per heavy atom. The lowest BCUT2D eigenvalue weighted by Gasteiger charge is -2.25. The number of nitrogens with one attached hydrogen (secondary N) is 2. The topological polar surface area (TPSA) is 61.4 Å². The van der Waals surface area contributed by atoms with E-state index in [4.69, 9.17) is 0 Å². The van der Waals surface area contributed by atoms with Crippen molar-refractivity contribution in [3.8, 4) is 0 Å². The second kappa shape index (κ2) is 7.56. The first kappa shape index (κ1) is 17.9. The SMILES string of the molecule is Cc1cccc(C)c1NC(=O)[C@H]1CCCN1C(=O)Nc1cccc(F)c1. The maximum absolute atomic E-state index is 13.3. The maximum atomic E-state index is 13.3. The number of urea groups is 1. The number of likely N-dealkylation sites (tertiary alicyclic amines) is 1. The third-order valence-corrected chi connectivity index (χ3v) is 4.62. The van der Waals surface area contributed by atoms with Crippen molar-refractivity contribution in [1.29, 1.82) is 0 Å². The summed E-state index contributed by atoms with van der Waals surface area (Å²) in [6, 6.07) is 10.6. The van der Waals surface area contributed by atoms with Gasteiger partial charge in [0.05, 0.1) is 0 Å². The molecule has 1 fully saturated rings. The Labute approximate surface area is 152 Å². The molecule has 2 aromatic carbocycles. The minimum atomic E-state index is -0.539. The van der Waals surface area contributed by atoms with Gasteiger partial charge in [0, 0.05) is 17.9 Å². The third-order valence-electron chi connectivity index (χ3n) is 4.62. The van der Waals surface area contributed by atoms with Gasteiger partial charge in [0.1, 0.15) is 11.9 Å². The molecule has 3 amide bonds. The molecule has 5 nitrogen and oxygen atoms in total. The van der Waals surface area contributed by atoms with Gasteiger partial charge in [0.15, 0.2) is 0 Å². The molecule has 2 N–H and O–H groups in total. The van der Waals surface area contributed by atoms with Gasteiger partial charge >= 0.3 is 6.03 Å². The Morgan fingerprint density at radius 2 is 1.77 bits per heavy atom. The predicted octanol–water partition coefficient (Wildman–Crippen LogP) is 4.08. The number of amides is 3. The minimum Gasteiger partial charge on any atom is -0.324 e. The number of halogens is 1. The Bertz CT molecular complexity index is 817. The lowest BCUT2D eigenvalue weighted by molar-refractivity contribution is -0.119. The summed E-state index contributed by atoms with van der Waals surface area (Å²) in [4.78, 5) is 26.8. The zero-order valence-corrected chi connectivity index (χ0v) is 14.9. The van der Waals surface area contributed by atoms with Gasteiger partial charge in [-0.2, -0.15) is 0 Å². The largest absolute Gasteiger partial charge is 0.324 e. The second-order valence-corrected chi connectivity index (χ2v) is 6.55. The van der Waals surface area contributed by atoms with Crippen LogP contribution in [0, 0.1) is 19.7 Å². The average Bonchev–Trinajstić information content (AvgIpc) is 3.08. The summed E-state index contributed by atoms with van der Waals surface area (Å²) >= 11 is 0. The Morgan fingerprint density at radius 1 is 1.08 bits per heavy atom. The molecule has 1 atom stereocenters. The third kappa shape index (κ3) is 3.85. The van der Waals surface area contributed by atoms with E-state index in [-0.39, 0.29) is 5.91 Å². The molecule has 1 saturated heterocycles. The minimum absolute atomic E-state index is 0.200. The highest BCUT2D eigenvalue weighted by molar-refractivity contribution is 6.00. The van der Waals surface area contributed by atoms with E-state index >= 15 is 0 Å². The maximum Gasteiger partial charge on any atom is 0.322 e. The standard InChI is InChI=1S/C20H22FN3O2/c1-13-6-3-7-14(2)18(13)23-19(25)17-10-5-11-24(17)20(26)22-16-9-4-8-15(21)12-16/h3-4,6-9,12,17H,5,10-11H2,1-2H3,(H,22,26)(H,23,25)/t17-/m1/s1. The summed E-state index contributed by atoms with van der Waals surface area (Å²) in [6.45, 7) is 4.36. The number of rotatable bonds is 3. The fourth-order valence-corrected chi connectivity index (χ4v) is 3.26. The highest BCUT2D eigenvalue weighted by atomic mass is 19.1. The molecule has 0 saturated carbocycles. The highest BCUT2D eigenvalue weighted by Crippen LogP contribution is 2.24. The zero-order valence-electron chi connectivity index (χ0n) is 14.9. The molecule has 1 heterocycles. The molecule has 2 aromatic rings. The molecule has 1 aliphatic rings. The molecule has 0 spiro atoms. The van der Waals surface area contributed by atoms with Crippen LogP contribution in [0.4, 0.5) is 20.6 Å². The van der Waals surface area contributed by atoms with Crippen molar-refractivity contribution in [1.82, 2.24) is 4.90 Å². The lowest BCUT2D eigenvalue weighted by atomic mass is 10.1. The highest BCUT2D eigenvalue weighted by Gasteiger charge is 2.34. The molecule has 0 aliphatic carbocycles. The Balaban J connectivity index is 1.71. The van der Waals surface area contributed by atoms with Crippen molar-refractivity contribution >= 4 is 23.3 Å². The molecular formula is C20H22FN3O2. The van der Waals surface area contributed by atoms with E-state index in [1.807, 2.05) is 32.0 Å². The summed E-state index contributed by atoms with van der Waals surface area (Å²) in [5.74, 6) is -0.622. The van der Waals surface area contributed by atoms with Gasteiger partial charge in [-0.3, -0.25) is 4.79 Å². The first-order valence-corrected chi connectivity index (χ1v) is 8.66. The Kier molecular flexibility index (Phi) is 5.21. The van der Waals surface area contributed by atoms with E-state index in [1.165, 1.54) is 23.1 Å². The molecule has 26 heavy (non-hydrogen) atoms. The van der Waals surface area contributed by atoms with Crippen molar-refractivity contribution in [2.24, 2.45) is 0 Å².